The normalized spacial score (nSPS) is 10.5. The van der Waals surface area contributed by atoms with Crippen molar-refractivity contribution in [3.05, 3.63) is 47.0 Å². The lowest BCUT2D eigenvalue weighted by molar-refractivity contribution is -0.114. The van der Waals surface area contributed by atoms with Gasteiger partial charge in [-0.3, -0.25) is 9.59 Å². The van der Waals surface area contributed by atoms with Gasteiger partial charge in [-0.25, -0.2) is 0 Å². The lowest BCUT2D eigenvalue weighted by Crippen LogP contribution is -2.10. The third-order valence-electron chi connectivity index (χ3n) is 3.74. The highest BCUT2D eigenvalue weighted by Crippen LogP contribution is 2.36. The molecule has 0 fully saturated rings. The molecule has 0 radical (unpaired) electrons. The fraction of sp³-hybridized carbons (Fsp3) is 0.238. The number of carbonyl (C=O) groups is 2. The number of rotatable bonds is 8. The van der Waals surface area contributed by atoms with Crippen LogP contribution in [-0.4, -0.2) is 32.6 Å². The molecule has 0 aliphatic carbocycles. The molecular weight excluding hydrogens is 396 g/mol. The summed E-state index contributed by atoms with van der Waals surface area (Å²) in [7, 11) is 3.00. The van der Waals surface area contributed by atoms with Crippen LogP contribution in [0, 0.1) is 0 Å². The Hall–Kier alpha value is -3.19. The number of methoxy groups -OCH3 is 2. The van der Waals surface area contributed by atoms with Crippen LogP contribution in [0.2, 0.25) is 5.02 Å². The fourth-order valence-electron chi connectivity index (χ4n) is 2.58. The number of anilines is 2. The summed E-state index contributed by atoms with van der Waals surface area (Å²) in [6.07, 6.45) is 2.96. The van der Waals surface area contributed by atoms with Gasteiger partial charge in [-0.05, 0) is 48.9 Å². The van der Waals surface area contributed by atoms with Crippen molar-refractivity contribution in [3.8, 4) is 17.2 Å². The maximum absolute atomic E-state index is 12.4. The molecule has 0 saturated heterocycles. The molecule has 154 valence electrons. The number of nitrogens with one attached hydrogen (secondary N) is 2. The van der Waals surface area contributed by atoms with Crippen molar-refractivity contribution in [2.24, 2.45) is 0 Å². The number of ether oxygens (including phenoxy) is 3. The molecule has 0 saturated carbocycles. The van der Waals surface area contributed by atoms with Gasteiger partial charge in [0.05, 0.1) is 31.5 Å². The average molecular weight is 419 g/mol. The van der Waals surface area contributed by atoms with Crippen molar-refractivity contribution in [2.75, 3.05) is 31.5 Å². The van der Waals surface area contributed by atoms with Gasteiger partial charge in [-0.15, -0.1) is 0 Å². The molecule has 29 heavy (non-hydrogen) atoms. The maximum atomic E-state index is 12.4. The summed E-state index contributed by atoms with van der Waals surface area (Å²) < 4.78 is 16.0. The van der Waals surface area contributed by atoms with E-state index in [1.165, 1.54) is 27.2 Å². The third-order valence-corrected chi connectivity index (χ3v) is 4.02. The SMILES string of the molecule is CCOc1cc(/C=C/C(=O)Nc2cc(NC(C)=O)ccc2OC)cc(Cl)c1OC. The van der Waals surface area contributed by atoms with E-state index in [1.807, 2.05) is 6.92 Å². The van der Waals surface area contributed by atoms with E-state index in [-0.39, 0.29) is 11.8 Å². The Labute approximate surface area is 174 Å². The Kier molecular flexibility index (Phi) is 7.91. The predicted octanol–water partition coefficient (Wildman–Crippen LogP) is 4.37. The number of amides is 2. The number of hydrogen-bond acceptors (Lipinski definition) is 5. The minimum atomic E-state index is -0.381. The third kappa shape index (κ3) is 6.15. The highest BCUT2D eigenvalue weighted by molar-refractivity contribution is 6.32. The molecule has 2 aromatic rings. The van der Waals surface area contributed by atoms with Crippen LogP contribution in [0.5, 0.6) is 17.2 Å². The molecule has 0 bridgehead atoms. The molecule has 0 unspecified atom stereocenters. The van der Waals surface area contributed by atoms with Crippen LogP contribution in [0.4, 0.5) is 11.4 Å². The summed E-state index contributed by atoms with van der Waals surface area (Å²) in [5.74, 6) is 0.802. The summed E-state index contributed by atoms with van der Waals surface area (Å²) in [4.78, 5) is 23.6. The van der Waals surface area contributed by atoms with Gasteiger partial charge in [0, 0.05) is 18.7 Å². The fourth-order valence-corrected chi connectivity index (χ4v) is 2.87. The summed E-state index contributed by atoms with van der Waals surface area (Å²) in [6, 6.07) is 8.35. The monoisotopic (exact) mass is 418 g/mol. The van der Waals surface area contributed by atoms with Crippen LogP contribution in [0.3, 0.4) is 0 Å². The lowest BCUT2D eigenvalue weighted by atomic mass is 10.2. The van der Waals surface area contributed by atoms with Gasteiger partial charge < -0.3 is 24.8 Å². The largest absolute Gasteiger partial charge is 0.495 e. The van der Waals surface area contributed by atoms with E-state index < -0.39 is 0 Å². The molecular formula is C21H23ClN2O5. The Morgan fingerprint density at radius 3 is 2.45 bits per heavy atom. The van der Waals surface area contributed by atoms with Gasteiger partial charge in [0.2, 0.25) is 11.8 Å². The Morgan fingerprint density at radius 1 is 1.07 bits per heavy atom. The zero-order valence-corrected chi connectivity index (χ0v) is 17.4. The van der Waals surface area contributed by atoms with Gasteiger partial charge in [0.15, 0.2) is 11.5 Å². The molecule has 0 aromatic heterocycles. The van der Waals surface area contributed by atoms with E-state index in [1.54, 1.807) is 36.4 Å². The summed E-state index contributed by atoms with van der Waals surface area (Å²) in [5, 5.41) is 5.77. The van der Waals surface area contributed by atoms with Crippen molar-refractivity contribution in [1.82, 2.24) is 0 Å². The summed E-state index contributed by atoms with van der Waals surface area (Å²) >= 11 is 6.22. The van der Waals surface area contributed by atoms with Gasteiger partial charge in [-0.1, -0.05) is 11.6 Å². The van der Waals surface area contributed by atoms with E-state index in [4.69, 9.17) is 25.8 Å². The Balaban J connectivity index is 2.20. The van der Waals surface area contributed by atoms with Crippen molar-refractivity contribution in [1.29, 1.82) is 0 Å². The standard InChI is InChI=1S/C21H23ClN2O5/c1-5-29-19-11-14(10-16(22)21(19)28-4)6-9-20(26)24-17-12-15(23-13(2)25)7-8-18(17)27-3/h6-12H,5H2,1-4H3,(H,23,25)(H,24,26)/b9-6+. The van der Waals surface area contributed by atoms with E-state index in [2.05, 4.69) is 10.6 Å². The Bertz CT molecular complexity index is 928. The van der Waals surface area contributed by atoms with Gasteiger partial charge in [-0.2, -0.15) is 0 Å². The zero-order chi connectivity index (χ0) is 21.4. The second-order valence-electron chi connectivity index (χ2n) is 5.89. The van der Waals surface area contributed by atoms with Gasteiger partial charge >= 0.3 is 0 Å². The van der Waals surface area contributed by atoms with Crippen LogP contribution in [0.15, 0.2) is 36.4 Å². The summed E-state index contributed by atoms with van der Waals surface area (Å²) in [5.41, 5.74) is 1.64. The van der Waals surface area contributed by atoms with Crippen LogP contribution in [0.1, 0.15) is 19.4 Å². The van der Waals surface area contributed by atoms with Crippen LogP contribution >= 0.6 is 11.6 Å². The molecule has 0 spiro atoms. The van der Waals surface area contributed by atoms with E-state index in [0.717, 1.165) is 0 Å². The second kappa shape index (κ2) is 10.4. The van der Waals surface area contributed by atoms with E-state index >= 15 is 0 Å². The first kappa shape index (κ1) is 22.1. The average Bonchev–Trinajstić information content (AvgIpc) is 2.66. The first-order valence-electron chi connectivity index (χ1n) is 8.83. The van der Waals surface area contributed by atoms with Crippen molar-refractivity contribution in [2.45, 2.75) is 13.8 Å². The second-order valence-corrected chi connectivity index (χ2v) is 6.29. The zero-order valence-electron chi connectivity index (χ0n) is 16.7. The highest BCUT2D eigenvalue weighted by Gasteiger charge is 2.11. The molecule has 0 heterocycles. The summed E-state index contributed by atoms with van der Waals surface area (Å²) in [6.45, 7) is 3.71. The van der Waals surface area contributed by atoms with Crippen LogP contribution in [0.25, 0.3) is 6.08 Å². The van der Waals surface area contributed by atoms with E-state index in [9.17, 15) is 9.59 Å². The molecule has 0 aliphatic rings. The molecule has 0 atom stereocenters. The molecule has 7 nitrogen and oxygen atoms in total. The maximum Gasteiger partial charge on any atom is 0.248 e. The highest BCUT2D eigenvalue weighted by atomic mass is 35.5. The lowest BCUT2D eigenvalue weighted by Gasteiger charge is -2.12. The topological polar surface area (TPSA) is 85.9 Å². The van der Waals surface area contributed by atoms with E-state index in [0.29, 0.717) is 45.8 Å². The van der Waals surface area contributed by atoms with Gasteiger partial charge in [0.1, 0.15) is 5.75 Å². The quantitative estimate of drug-likeness (QED) is 0.622. The first-order valence-corrected chi connectivity index (χ1v) is 9.20. The minimum Gasteiger partial charge on any atom is -0.495 e. The van der Waals surface area contributed by atoms with Gasteiger partial charge in [0.25, 0.3) is 0 Å². The molecule has 2 aromatic carbocycles. The molecule has 2 amide bonds. The number of halogens is 1. The number of benzene rings is 2. The van der Waals surface area contributed by atoms with Crippen LogP contribution < -0.4 is 24.8 Å². The van der Waals surface area contributed by atoms with Crippen molar-refractivity contribution >= 4 is 40.9 Å². The predicted molar refractivity (Wildman–Crippen MR) is 114 cm³/mol. The first-order chi connectivity index (χ1) is 13.9. The van der Waals surface area contributed by atoms with Crippen molar-refractivity contribution in [3.63, 3.8) is 0 Å². The molecule has 2 rings (SSSR count). The Morgan fingerprint density at radius 2 is 1.83 bits per heavy atom. The smallest absolute Gasteiger partial charge is 0.248 e. The number of hydrogen-bond donors (Lipinski definition) is 2. The minimum absolute atomic E-state index is 0.214. The van der Waals surface area contributed by atoms with Crippen molar-refractivity contribution < 1.29 is 23.8 Å². The van der Waals surface area contributed by atoms with Crippen LogP contribution in [-0.2, 0) is 9.59 Å². The molecule has 0 aliphatic heterocycles. The molecule has 2 N–H and O–H groups in total. The number of carbonyl (C=O) groups excluding carboxylic acids is 2. The molecule has 8 heteroatoms.